The zero-order valence-corrected chi connectivity index (χ0v) is 13.8. The van der Waals surface area contributed by atoms with E-state index in [1.807, 2.05) is 41.3 Å². The maximum atomic E-state index is 12.6. The van der Waals surface area contributed by atoms with Crippen molar-refractivity contribution in [1.29, 1.82) is 0 Å². The average Bonchev–Trinajstić information content (AvgIpc) is 2.82. The quantitative estimate of drug-likeness (QED) is 0.859. The Balaban J connectivity index is 1.73. The zero-order chi connectivity index (χ0) is 16.1. The van der Waals surface area contributed by atoms with Gasteiger partial charge in [0.15, 0.2) is 18.1 Å². The van der Waals surface area contributed by atoms with E-state index in [4.69, 9.17) is 9.47 Å². The van der Waals surface area contributed by atoms with Gasteiger partial charge in [-0.25, -0.2) is 0 Å². The number of hydrogen-bond acceptors (Lipinski definition) is 4. The summed E-state index contributed by atoms with van der Waals surface area (Å²) in [7, 11) is 1.59. The highest BCUT2D eigenvalue weighted by molar-refractivity contribution is 7.99. The van der Waals surface area contributed by atoms with Crippen LogP contribution in [0.5, 0.6) is 11.5 Å². The second-order valence-corrected chi connectivity index (χ2v) is 6.29. The predicted octanol–water partition coefficient (Wildman–Crippen LogP) is 3.60. The molecule has 0 aromatic heterocycles. The number of carbonyl (C=O) groups excluding carboxylic acids is 1. The molecule has 0 N–H and O–H groups in total. The Morgan fingerprint density at radius 3 is 2.70 bits per heavy atom. The highest BCUT2D eigenvalue weighted by Gasteiger charge is 2.21. The molecule has 0 fully saturated rings. The van der Waals surface area contributed by atoms with Crippen molar-refractivity contribution in [3.63, 3.8) is 0 Å². The third-order valence-electron chi connectivity index (χ3n) is 3.66. The lowest BCUT2D eigenvalue weighted by Gasteiger charge is -2.22. The first-order chi connectivity index (χ1) is 11.3. The van der Waals surface area contributed by atoms with Gasteiger partial charge >= 0.3 is 0 Å². The molecule has 1 aliphatic heterocycles. The predicted molar refractivity (Wildman–Crippen MR) is 92.6 cm³/mol. The minimum absolute atomic E-state index is 0.000621. The summed E-state index contributed by atoms with van der Waals surface area (Å²) >= 11 is 1.80. The van der Waals surface area contributed by atoms with E-state index < -0.39 is 0 Å². The molecule has 0 saturated carbocycles. The van der Waals surface area contributed by atoms with E-state index in [1.165, 1.54) is 0 Å². The Morgan fingerprint density at radius 1 is 1.13 bits per heavy atom. The number of hydrogen-bond donors (Lipinski definition) is 0. The molecule has 2 aromatic rings. The molecule has 23 heavy (non-hydrogen) atoms. The lowest BCUT2D eigenvalue weighted by atomic mass is 10.2. The fourth-order valence-corrected chi connectivity index (χ4v) is 3.54. The molecule has 120 valence electrons. The Morgan fingerprint density at radius 2 is 1.87 bits per heavy atom. The number of para-hydroxylation sites is 3. The maximum Gasteiger partial charge on any atom is 0.264 e. The van der Waals surface area contributed by atoms with Crippen LogP contribution in [0, 0.1) is 0 Å². The number of nitrogens with zero attached hydrogens (tertiary/aromatic N) is 1. The molecule has 0 saturated heterocycles. The zero-order valence-electron chi connectivity index (χ0n) is 13.0. The summed E-state index contributed by atoms with van der Waals surface area (Å²) in [6.07, 6.45) is 0.972. The number of rotatable bonds is 4. The molecule has 1 amide bonds. The van der Waals surface area contributed by atoms with Crippen molar-refractivity contribution in [3.05, 3.63) is 48.5 Å². The van der Waals surface area contributed by atoms with Crippen molar-refractivity contribution in [3.8, 4) is 11.5 Å². The van der Waals surface area contributed by atoms with E-state index in [0.717, 1.165) is 29.3 Å². The van der Waals surface area contributed by atoms with Crippen molar-refractivity contribution in [2.24, 2.45) is 0 Å². The van der Waals surface area contributed by atoms with Gasteiger partial charge in [-0.1, -0.05) is 24.3 Å². The van der Waals surface area contributed by atoms with E-state index in [1.54, 1.807) is 24.9 Å². The van der Waals surface area contributed by atoms with Crippen LogP contribution < -0.4 is 14.4 Å². The van der Waals surface area contributed by atoms with Gasteiger partial charge in [-0.2, -0.15) is 0 Å². The molecule has 0 unspecified atom stereocenters. The first-order valence-corrected chi connectivity index (χ1v) is 8.56. The number of thioether (sulfide) groups is 1. The lowest BCUT2D eigenvalue weighted by molar-refractivity contribution is -0.120. The van der Waals surface area contributed by atoms with E-state index in [2.05, 4.69) is 6.07 Å². The van der Waals surface area contributed by atoms with E-state index in [0.29, 0.717) is 11.5 Å². The van der Waals surface area contributed by atoms with Crippen LogP contribution in [0.25, 0.3) is 0 Å². The van der Waals surface area contributed by atoms with Gasteiger partial charge in [0, 0.05) is 11.4 Å². The summed E-state index contributed by atoms with van der Waals surface area (Å²) in [6.45, 7) is 0.720. The van der Waals surface area contributed by atoms with Crippen molar-refractivity contribution in [1.82, 2.24) is 0 Å². The van der Waals surface area contributed by atoms with Crippen LogP contribution in [0.1, 0.15) is 6.42 Å². The Labute approximate surface area is 140 Å². The maximum absolute atomic E-state index is 12.6. The molecule has 0 aliphatic carbocycles. The van der Waals surface area contributed by atoms with Crippen LogP contribution in [0.15, 0.2) is 53.4 Å². The topological polar surface area (TPSA) is 38.8 Å². The van der Waals surface area contributed by atoms with Gasteiger partial charge in [-0.15, -0.1) is 11.8 Å². The summed E-state index contributed by atoms with van der Waals surface area (Å²) in [5.74, 6) is 2.20. The fraction of sp³-hybridized carbons (Fsp3) is 0.278. The molecular formula is C18H19NO3S. The van der Waals surface area contributed by atoms with Gasteiger partial charge in [-0.3, -0.25) is 4.79 Å². The number of amides is 1. The minimum Gasteiger partial charge on any atom is -0.493 e. The van der Waals surface area contributed by atoms with Gasteiger partial charge in [0.2, 0.25) is 0 Å². The van der Waals surface area contributed by atoms with Crippen LogP contribution in [-0.2, 0) is 4.79 Å². The summed E-state index contributed by atoms with van der Waals surface area (Å²) in [4.78, 5) is 15.6. The summed E-state index contributed by atoms with van der Waals surface area (Å²) in [6, 6.07) is 15.4. The van der Waals surface area contributed by atoms with Gasteiger partial charge in [-0.05, 0) is 36.4 Å². The molecule has 0 bridgehead atoms. The number of benzene rings is 2. The molecule has 1 heterocycles. The fourth-order valence-electron chi connectivity index (χ4n) is 2.54. The van der Waals surface area contributed by atoms with Crippen LogP contribution >= 0.6 is 11.8 Å². The Hall–Kier alpha value is -2.14. The normalized spacial score (nSPS) is 13.9. The summed E-state index contributed by atoms with van der Waals surface area (Å²) in [5.41, 5.74) is 0.976. The van der Waals surface area contributed by atoms with Crippen LogP contribution in [-0.4, -0.2) is 31.9 Å². The van der Waals surface area contributed by atoms with E-state index >= 15 is 0 Å². The highest BCUT2D eigenvalue weighted by atomic mass is 32.2. The SMILES string of the molecule is COc1ccccc1OCC(=O)N1CCCSc2ccccc21. The summed E-state index contributed by atoms with van der Waals surface area (Å²) in [5, 5.41) is 0. The molecule has 4 nitrogen and oxygen atoms in total. The van der Waals surface area contributed by atoms with Gasteiger partial charge in [0.1, 0.15) is 0 Å². The lowest BCUT2D eigenvalue weighted by Crippen LogP contribution is -2.35. The molecule has 0 radical (unpaired) electrons. The number of carbonyl (C=O) groups is 1. The smallest absolute Gasteiger partial charge is 0.264 e. The number of fused-ring (bicyclic) bond motifs is 1. The van der Waals surface area contributed by atoms with Gasteiger partial charge < -0.3 is 14.4 Å². The van der Waals surface area contributed by atoms with Crippen LogP contribution in [0.3, 0.4) is 0 Å². The second kappa shape index (κ2) is 7.42. The van der Waals surface area contributed by atoms with Crippen molar-refractivity contribution in [2.45, 2.75) is 11.3 Å². The van der Waals surface area contributed by atoms with Crippen LogP contribution in [0.4, 0.5) is 5.69 Å². The van der Waals surface area contributed by atoms with E-state index in [9.17, 15) is 4.79 Å². The van der Waals surface area contributed by atoms with E-state index in [-0.39, 0.29) is 12.5 Å². The monoisotopic (exact) mass is 329 g/mol. The Bertz CT molecular complexity index is 689. The largest absolute Gasteiger partial charge is 0.493 e. The molecule has 0 spiro atoms. The first kappa shape index (κ1) is 15.7. The number of anilines is 1. The highest BCUT2D eigenvalue weighted by Crippen LogP contribution is 2.33. The minimum atomic E-state index is -0.0362. The first-order valence-electron chi connectivity index (χ1n) is 7.57. The molecule has 2 aromatic carbocycles. The number of ether oxygens (including phenoxy) is 2. The molecular weight excluding hydrogens is 310 g/mol. The molecule has 3 rings (SSSR count). The van der Waals surface area contributed by atoms with Gasteiger partial charge in [0.25, 0.3) is 5.91 Å². The Kier molecular flexibility index (Phi) is 5.08. The second-order valence-electron chi connectivity index (χ2n) is 5.15. The molecule has 1 aliphatic rings. The van der Waals surface area contributed by atoms with Crippen LogP contribution in [0.2, 0.25) is 0 Å². The average molecular weight is 329 g/mol. The van der Waals surface area contributed by atoms with Crippen molar-refractivity contribution in [2.75, 3.05) is 30.9 Å². The standard InChI is InChI=1S/C18H19NO3S/c1-21-15-8-3-4-9-16(15)22-13-18(20)19-11-6-12-23-17-10-5-2-7-14(17)19/h2-5,7-10H,6,11-13H2,1H3. The molecule has 0 atom stereocenters. The third-order valence-corrected chi connectivity index (χ3v) is 4.81. The third kappa shape index (κ3) is 3.62. The number of methoxy groups -OCH3 is 1. The van der Waals surface area contributed by atoms with Crippen molar-refractivity contribution < 1.29 is 14.3 Å². The van der Waals surface area contributed by atoms with Crippen molar-refractivity contribution >= 4 is 23.4 Å². The summed E-state index contributed by atoms with van der Waals surface area (Å²) < 4.78 is 10.9. The van der Waals surface area contributed by atoms with Gasteiger partial charge in [0.05, 0.1) is 12.8 Å². The molecule has 5 heteroatoms.